The molecule has 0 amide bonds. The number of aromatic nitrogens is 2. The van der Waals surface area contributed by atoms with Gasteiger partial charge in [0.05, 0.1) is 17.2 Å². The molecule has 3 heterocycles. The van der Waals surface area contributed by atoms with Gasteiger partial charge in [-0.3, -0.25) is 0 Å². The highest BCUT2D eigenvalue weighted by atomic mass is 32.2. The van der Waals surface area contributed by atoms with E-state index >= 15 is 0 Å². The molecule has 0 atom stereocenters. The van der Waals surface area contributed by atoms with E-state index in [1.807, 2.05) is 16.7 Å². The van der Waals surface area contributed by atoms with Gasteiger partial charge in [-0.05, 0) is 43.7 Å². The molecule has 3 rings (SSSR count). The Hall–Kier alpha value is -1.36. The fraction of sp³-hybridized carbons (Fsp3) is 0.500. The fourth-order valence-corrected chi connectivity index (χ4v) is 4.33. The Morgan fingerprint density at radius 3 is 2.79 bits per heavy atom. The van der Waals surface area contributed by atoms with Crippen LogP contribution in [0.4, 0.5) is 0 Å². The van der Waals surface area contributed by atoms with Crippen molar-refractivity contribution < 1.29 is 8.42 Å². The SMILES string of the molecule is Cc1cccn2cc(CC3CCS(=O)(=O)CC3)nc12. The first-order chi connectivity index (χ1) is 9.03. The smallest absolute Gasteiger partial charge is 0.150 e. The Morgan fingerprint density at radius 2 is 2.11 bits per heavy atom. The van der Waals surface area contributed by atoms with Gasteiger partial charge in [0.15, 0.2) is 0 Å². The quantitative estimate of drug-likeness (QED) is 0.844. The van der Waals surface area contributed by atoms with Gasteiger partial charge in [0.2, 0.25) is 0 Å². The van der Waals surface area contributed by atoms with Gasteiger partial charge in [0.1, 0.15) is 15.5 Å². The highest BCUT2D eigenvalue weighted by Crippen LogP contribution is 2.23. The number of nitrogens with zero attached hydrogens (tertiary/aromatic N) is 2. The van der Waals surface area contributed by atoms with E-state index in [1.165, 1.54) is 5.56 Å². The molecule has 0 N–H and O–H groups in total. The lowest BCUT2D eigenvalue weighted by molar-refractivity contribution is 0.459. The summed E-state index contributed by atoms with van der Waals surface area (Å²) in [5, 5.41) is 0. The Kier molecular flexibility index (Phi) is 3.09. The van der Waals surface area contributed by atoms with Gasteiger partial charge in [0, 0.05) is 12.4 Å². The van der Waals surface area contributed by atoms with E-state index in [9.17, 15) is 8.42 Å². The van der Waals surface area contributed by atoms with Crippen molar-refractivity contribution in [2.24, 2.45) is 5.92 Å². The first-order valence-corrected chi connectivity index (χ1v) is 8.49. The number of pyridine rings is 1. The molecule has 1 fully saturated rings. The number of imidazole rings is 1. The third-order valence-electron chi connectivity index (χ3n) is 3.90. The van der Waals surface area contributed by atoms with Crippen molar-refractivity contribution in [3.8, 4) is 0 Å². The minimum atomic E-state index is -2.76. The van der Waals surface area contributed by atoms with Crippen LogP contribution in [0.5, 0.6) is 0 Å². The number of hydrogen-bond donors (Lipinski definition) is 0. The molecule has 0 spiro atoms. The number of sulfone groups is 1. The van der Waals surface area contributed by atoms with Crippen LogP contribution in [0.1, 0.15) is 24.1 Å². The number of rotatable bonds is 2. The molecule has 0 unspecified atom stereocenters. The zero-order valence-electron chi connectivity index (χ0n) is 11.0. The van der Waals surface area contributed by atoms with E-state index in [0.717, 1.165) is 30.6 Å². The van der Waals surface area contributed by atoms with E-state index in [4.69, 9.17) is 0 Å². The minimum Gasteiger partial charge on any atom is -0.307 e. The lowest BCUT2D eigenvalue weighted by Crippen LogP contribution is -2.24. The Morgan fingerprint density at radius 1 is 1.37 bits per heavy atom. The first kappa shape index (κ1) is 12.7. The largest absolute Gasteiger partial charge is 0.307 e. The maximum atomic E-state index is 11.4. The third-order valence-corrected chi connectivity index (χ3v) is 5.62. The molecule has 4 nitrogen and oxygen atoms in total. The van der Waals surface area contributed by atoms with Crippen LogP contribution >= 0.6 is 0 Å². The molecule has 0 bridgehead atoms. The summed E-state index contributed by atoms with van der Waals surface area (Å²) in [6.45, 7) is 2.05. The van der Waals surface area contributed by atoms with Crippen LogP contribution < -0.4 is 0 Å². The van der Waals surface area contributed by atoms with Crippen LogP contribution in [-0.2, 0) is 16.3 Å². The molecule has 1 saturated heterocycles. The molecular weight excluding hydrogens is 260 g/mol. The van der Waals surface area contributed by atoms with Crippen molar-refractivity contribution in [3.63, 3.8) is 0 Å². The van der Waals surface area contributed by atoms with E-state index in [-0.39, 0.29) is 0 Å². The monoisotopic (exact) mass is 278 g/mol. The molecule has 1 aliphatic rings. The van der Waals surface area contributed by atoms with E-state index in [1.54, 1.807) is 0 Å². The van der Waals surface area contributed by atoms with Gasteiger partial charge in [-0.2, -0.15) is 0 Å². The maximum absolute atomic E-state index is 11.4. The molecule has 1 aliphatic heterocycles. The zero-order valence-corrected chi connectivity index (χ0v) is 11.9. The van der Waals surface area contributed by atoms with E-state index < -0.39 is 9.84 Å². The summed E-state index contributed by atoms with van der Waals surface area (Å²) in [4.78, 5) is 4.66. The third kappa shape index (κ3) is 2.66. The van der Waals surface area contributed by atoms with Crippen LogP contribution in [-0.4, -0.2) is 29.3 Å². The molecule has 5 heteroatoms. The topological polar surface area (TPSA) is 51.4 Å². The summed E-state index contributed by atoms with van der Waals surface area (Å²) >= 11 is 0. The number of hydrogen-bond acceptors (Lipinski definition) is 3. The fourth-order valence-electron chi connectivity index (χ4n) is 2.74. The molecule has 19 heavy (non-hydrogen) atoms. The Bertz CT molecular complexity index is 689. The van der Waals surface area contributed by atoms with Crippen molar-refractivity contribution >= 4 is 15.5 Å². The molecule has 0 aliphatic carbocycles. The average molecular weight is 278 g/mol. The van der Waals surface area contributed by atoms with E-state index in [0.29, 0.717) is 17.4 Å². The molecule has 2 aromatic rings. The van der Waals surface area contributed by atoms with Gasteiger partial charge in [-0.15, -0.1) is 0 Å². The number of aryl methyl sites for hydroxylation is 1. The molecule has 2 aromatic heterocycles. The summed E-state index contributed by atoms with van der Waals surface area (Å²) in [6.07, 6.45) is 6.50. The first-order valence-electron chi connectivity index (χ1n) is 6.67. The highest BCUT2D eigenvalue weighted by molar-refractivity contribution is 7.91. The van der Waals surface area contributed by atoms with Gasteiger partial charge in [0.25, 0.3) is 0 Å². The van der Waals surface area contributed by atoms with Crippen molar-refractivity contribution in [3.05, 3.63) is 35.8 Å². The summed E-state index contributed by atoms with van der Waals surface area (Å²) in [7, 11) is -2.76. The lowest BCUT2D eigenvalue weighted by Gasteiger charge is -2.20. The molecule has 0 saturated carbocycles. The van der Waals surface area contributed by atoms with Gasteiger partial charge in [-0.1, -0.05) is 6.07 Å². The summed E-state index contributed by atoms with van der Waals surface area (Å²) in [5.41, 5.74) is 3.24. The second-order valence-electron chi connectivity index (χ2n) is 5.45. The van der Waals surface area contributed by atoms with Crippen molar-refractivity contribution in [1.29, 1.82) is 0 Å². The Labute approximate surface area is 113 Å². The van der Waals surface area contributed by atoms with Crippen molar-refractivity contribution in [1.82, 2.24) is 9.38 Å². The molecule has 102 valence electrons. The predicted molar refractivity (Wildman–Crippen MR) is 75.0 cm³/mol. The van der Waals surface area contributed by atoms with Crippen LogP contribution in [0.25, 0.3) is 5.65 Å². The number of fused-ring (bicyclic) bond motifs is 1. The van der Waals surface area contributed by atoms with Crippen molar-refractivity contribution in [2.75, 3.05) is 11.5 Å². The second-order valence-corrected chi connectivity index (χ2v) is 7.76. The van der Waals surface area contributed by atoms with Crippen LogP contribution in [0, 0.1) is 12.8 Å². The van der Waals surface area contributed by atoms with Gasteiger partial charge in [-0.25, -0.2) is 13.4 Å². The summed E-state index contributed by atoms with van der Waals surface area (Å²) < 4.78 is 24.9. The van der Waals surface area contributed by atoms with Crippen LogP contribution in [0.2, 0.25) is 0 Å². The van der Waals surface area contributed by atoms with Crippen molar-refractivity contribution in [2.45, 2.75) is 26.2 Å². The van der Waals surface area contributed by atoms with Crippen LogP contribution in [0.3, 0.4) is 0 Å². The molecular formula is C14H18N2O2S. The Balaban J connectivity index is 1.77. The molecule has 0 aromatic carbocycles. The van der Waals surface area contributed by atoms with Crippen LogP contribution in [0.15, 0.2) is 24.5 Å². The van der Waals surface area contributed by atoms with Gasteiger partial charge >= 0.3 is 0 Å². The zero-order chi connectivity index (χ0) is 13.5. The molecule has 0 radical (unpaired) electrons. The maximum Gasteiger partial charge on any atom is 0.150 e. The second kappa shape index (κ2) is 4.63. The standard InChI is InChI=1S/C14H18N2O2S/c1-11-3-2-6-16-10-13(15-14(11)16)9-12-4-7-19(17,18)8-5-12/h2-3,6,10,12H,4-5,7-9H2,1H3. The summed E-state index contributed by atoms with van der Waals surface area (Å²) in [5.74, 6) is 1.13. The lowest BCUT2D eigenvalue weighted by atomic mass is 9.97. The normalized spacial score (nSPS) is 19.8. The van der Waals surface area contributed by atoms with E-state index in [2.05, 4.69) is 24.2 Å². The highest BCUT2D eigenvalue weighted by Gasteiger charge is 2.24. The minimum absolute atomic E-state index is 0.337. The van der Waals surface area contributed by atoms with Gasteiger partial charge < -0.3 is 4.40 Å². The predicted octanol–water partition coefficient (Wildman–Crippen LogP) is 2.01. The average Bonchev–Trinajstić information content (AvgIpc) is 2.76. The summed E-state index contributed by atoms with van der Waals surface area (Å²) in [6, 6.07) is 4.07.